The first kappa shape index (κ1) is 13.7. The molecule has 1 saturated heterocycles. The lowest BCUT2D eigenvalue weighted by atomic mass is 9.94. The summed E-state index contributed by atoms with van der Waals surface area (Å²) in [6.45, 7) is 7.02. The summed E-state index contributed by atoms with van der Waals surface area (Å²) in [6.07, 6.45) is 2.60. The van der Waals surface area contributed by atoms with Crippen molar-refractivity contribution in [3.8, 4) is 0 Å². The van der Waals surface area contributed by atoms with Crippen molar-refractivity contribution < 1.29 is 0 Å². The normalized spacial score (nSPS) is 31.2. The Morgan fingerprint density at radius 1 is 1.27 bits per heavy atom. The molecular formula is C12H25NS2. The molecule has 0 spiro atoms. The van der Waals surface area contributed by atoms with Crippen LogP contribution in [0.2, 0.25) is 0 Å². The summed E-state index contributed by atoms with van der Waals surface area (Å²) in [4.78, 5) is 0. The minimum Gasteiger partial charge on any atom is -0.316 e. The van der Waals surface area contributed by atoms with E-state index in [1.807, 2.05) is 0 Å². The van der Waals surface area contributed by atoms with E-state index in [0.29, 0.717) is 6.04 Å². The molecule has 0 radical (unpaired) electrons. The maximum atomic E-state index is 3.55. The van der Waals surface area contributed by atoms with E-state index in [-0.39, 0.29) is 0 Å². The van der Waals surface area contributed by atoms with Gasteiger partial charge in [-0.05, 0) is 19.4 Å². The van der Waals surface area contributed by atoms with Crippen LogP contribution in [0, 0.1) is 5.92 Å². The molecule has 0 saturated carbocycles. The van der Waals surface area contributed by atoms with Gasteiger partial charge in [0.05, 0.1) is 0 Å². The topological polar surface area (TPSA) is 12.0 Å². The lowest BCUT2D eigenvalue weighted by Crippen LogP contribution is -2.47. The van der Waals surface area contributed by atoms with Gasteiger partial charge in [0, 0.05) is 28.0 Å². The molecule has 0 amide bonds. The van der Waals surface area contributed by atoms with E-state index in [0.717, 1.165) is 16.4 Å². The van der Waals surface area contributed by atoms with Crippen molar-refractivity contribution in [1.29, 1.82) is 0 Å². The molecule has 1 rings (SSSR count). The van der Waals surface area contributed by atoms with E-state index in [2.05, 4.69) is 56.7 Å². The molecule has 1 N–H and O–H groups in total. The van der Waals surface area contributed by atoms with Crippen molar-refractivity contribution in [2.24, 2.45) is 5.92 Å². The number of nitrogens with one attached hydrogen (secondary N) is 1. The average molecular weight is 247 g/mol. The molecule has 1 aliphatic rings. The van der Waals surface area contributed by atoms with Gasteiger partial charge in [0.2, 0.25) is 0 Å². The molecule has 3 heteroatoms. The van der Waals surface area contributed by atoms with Crippen LogP contribution in [0.25, 0.3) is 0 Å². The smallest absolute Gasteiger partial charge is 0.0322 e. The molecule has 90 valence electrons. The Hall–Kier alpha value is 0.660. The van der Waals surface area contributed by atoms with Gasteiger partial charge >= 0.3 is 0 Å². The van der Waals surface area contributed by atoms with Crippen molar-refractivity contribution in [2.45, 2.75) is 50.2 Å². The third-order valence-corrected chi connectivity index (χ3v) is 6.81. The van der Waals surface area contributed by atoms with Gasteiger partial charge in [-0.25, -0.2) is 0 Å². The summed E-state index contributed by atoms with van der Waals surface area (Å²) in [7, 11) is 2.13. The molecule has 15 heavy (non-hydrogen) atoms. The van der Waals surface area contributed by atoms with Gasteiger partial charge in [-0.3, -0.25) is 0 Å². The highest BCUT2D eigenvalue weighted by Crippen LogP contribution is 2.37. The maximum Gasteiger partial charge on any atom is 0.0322 e. The summed E-state index contributed by atoms with van der Waals surface area (Å²) in [6, 6.07) is 0.692. The highest BCUT2D eigenvalue weighted by atomic mass is 32.2. The molecule has 0 aromatic carbocycles. The van der Waals surface area contributed by atoms with E-state index >= 15 is 0 Å². The molecule has 4 atom stereocenters. The van der Waals surface area contributed by atoms with Gasteiger partial charge in [0.15, 0.2) is 0 Å². The predicted octanol–water partition coefficient (Wildman–Crippen LogP) is 3.25. The van der Waals surface area contributed by atoms with Crippen LogP contribution >= 0.6 is 23.5 Å². The lowest BCUT2D eigenvalue weighted by molar-refractivity contribution is 0.371. The summed E-state index contributed by atoms with van der Waals surface area (Å²) in [5, 5.41) is 5.22. The summed E-state index contributed by atoms with van der Waals surface area (Å²) >= 11 is 4.37. The molecule has 1 heterocycles. The fraction of sp³-hybridized carbons (Fsp3) is 1.00. The minimum absolute atomic E-state index is 0.692. The van der Waals surface area contributed by atoms with Crippen molar-refractivity contribution in [3.63, 3.8) is 0 Å². The van der Waals surface area contributed by atoms with Crippen LogP contribution in [-0.2, 0) is 0 Å². The number of thioether (sulfide) groups is 2. The monoisotopic (exact) mass is 247 g/mol. The van der Waals surface area contributed by atoms with E-state index < -0.39 is 0 Å². The molecule has 1 fully saturated rings. The fourth-order valence-electron chi connectivity index (χ4n) is 2.30. The van der Waals surface area contributed by atoms with Crippen LogP contribution in [0.3, 0.4) is 0 Å². The number of hydrogen-bond donors (Lipinski definition) is 1. The number of rotatable bonds is 5. The highest BCUT2D eigenvalue weighted by Gasteiger charge is 2.33. The lowest BCUT2D eigenvalue weighted by Gasteiger charge is -2.38. The van der Waals surface area contributed by atoms with Crippen LogP contribution in [0.4, 0.5) is 0 Å². The van der Waals surface area contributed by atoms with Crippen molar-refractivity contribution in [3.05, 3.63) is 0 Å². The molecular weight excluding hydrogens is 222 g/mol. The minimum atomic E-state index is 0.692. The zero-order valence-electron chi connectivity index (χ0n) is 10.5. The van der Waals surface area contributed by atoms with Crippen molar-refractivity contribution in [1.82, 2.24) is 5.32 Å². The Balaban J connectivity index is 2.63. The maximum absolute atomic E-state index is 3.55. The Kier molecular flexibility index (Phi) is 6.48. The molecule has 4 unspecified atom stereocenters. The molecule has 0 aromatic heterocycles. The van der Waals surface area contributed by atoms with E-state index in [9.17, 15) is 0 Å². The molecule has 0 aromatic rings. The molecule has 1 aliphatic heterocycles. The molecule has 1 nitrogen and oxygen atoms in total. The standard InChI is InChI=1S/C12H25NS2/c1-5-9(3)11(13-4)12-10(6-2)14-7-8-15-12/h9-13H,5-8H2,1-4H3. The van der Waals surface area contributed by atoms with Crippen molar-refractivity contribution >= 4 is 23.5 Å². The van der Waals surface area contributed by atoms with Gasteiger partial charge in [-0.15, -0.1) is 0 Å². The van der Waals surface area contributed by atoms with Gasteiger partial charge in [0.1, 0.15) is 0 Å². The van der Waals surface area contributed by atoms with E-state index in [4.69, 9.17) is 0 Å². The molecule has 0 aliphatic carbocycles. The van der Waals surface area contributed by atoms with Crippen LogP contribution in [0.1, 0.15) is 33.6 Å². The third kappa shape index (κ3) is 3.57. The van der Waals surface area contributed by atoms with Gasteiger partial charge in [0.25, 0.3) is 0 Å². The second-order valence-corrected chi connectivity index (χ2v) is 6.99. The Morgan fingerprint density at radius 3 is 2.47 bits per heavy atom. The summed E-state index contributed by atoms with van der Waals surface area (Å²) in [5.74, 6) is 3.47. The first-order valence-electron chi connectivity index (χ1n) is 6.15. The zero-order chi connectivity index (χ0) is 11.3. The number of hydrogen-bond acceptors (Lipinski definition) is 3. The molecule has 0 bridgehead atoms. The fourth-order valence-corrected chi connectivity index (χ4v) is 5.73. The first-order valence-corrected chi connectivity index (χ1v) is 8.24. The summed E-state index contributed by atoms with van der Waals surface area (Å²) < 4.78 is 0. The van der Waals surface area contributed by atoms with Crippen LogP contribution in [-0.4, -0.2) is 35.1 Å². The van der Waals surface area contributed by atoms with Crippen molar-refractivity contribution in [2.75, 3.05) is 18.6 Å². The Morgan fingerprint density at radius 2 is 1.93 bits per heavy atom. The second-order valence-electron chi connectivity index (χ2n) is 4.35. The first-order chi connectivity index (χ1) is 7.24. The second kappa shape index (κ2) is 7.08. The van der Waals surface area contributed by atoms with Crippen LogP contribution < -0.4 is 5.32 Å². The Bertz CT molecular complexity index is 175. The van der Waals surface area contributed by atoms with Crippen LogP contribution in [0.5, 0.6) is 0 Å². The predicted molar refractivity (Wildman–Crippen MR) is 75.1 cm³/mol. The van der Waals surface area contributed by atoms with Gasteiger partial charge in [-0.1, -0.05) is 27.2 Å². The van der Waals surface area contributed by atoms with Crippen LogP contribution in [0.15, 0.2) is 0 Å². The largest absolute Gasteiger partial charge is 0.316 e. The van der Waals surface area contributed by atoms with Gasteiger partial charge in [-0.2, -0.15) is 23.5 Å². The zero-order valence-corrected chi connectivity index (χ0v) is 12.1. The Labute approximate surface area is 104 Å². The average Bonchev–Trinajstić information content (AvgIpc) is 2.30. The quantitative estimate of drug-likeness (QED) is 0.801. The van der Waals surface area contributed by atoms with E-state index in [1.165, 1.54) is 24.3 Å². The van der Waals surface area contributed by atoms with E-state index in [1.54, 1.807) is 0 Å². The van der Waals surface area contributed by atoms with Gasteiger partial charge < -0.3 is 5.32 Å². The third-order valence-electron chi connectivity index (χ3n) is 3.44. The highest BCUT2D eigenvalue weighted by molar-refractivity contribution is 8.07. The summed E-state index contributed by atoms with van der Waals surface area (Å²) in [5.41, 5.74) is 0. The SMILES string of the molecule is CCC(C)C(NC)C1SCCSC1CC.